The molecule has 1 amide bonds. The number of carbonyl (C=O) groups is 1. The van der Waals surface area contributed by atoms with E-state index in [0.717, 1.165) is 91.9 Å². The number of hydrogen-bond acceptors (Lipinski definition) is 7. The SMILES string of the molecule is C=CC(=O)N1CCC(n2nc(N3CC[C@@H](CN4CCN(C)[C@H](CO)C4)CC3(C)C)c(-c3c(Cl)c(Cl)cc4[nH]ncc34)c2C)CC1. The first kappa shape index (κ1) is 32.3. The summed E-state index contributed by atoms with van der Waals surface area (Å²) in [6.07, 6.45) is 6.93. The molecule has 0 saturated carbocycles. The number of benzene rings is 1. The second-order valence-electron chi connectivity index (χ2n) is 13.8. The Bertz CT molecular complexity index is 1560. The van der Waals surface area contributed by atoms with Crippen molar-refractivity contribution in [2.45, 2.75) is 64.1 Å². The van der Waals surface area contributed by atoms with Crippen LogP contribution in [0, 0.1) is 12.8 Å². The molecule has 2 atom stereocenters. The zero-order valence-electron chi connectivity index (χ0n) is 26.9. The van der Waals surface area contributed by atoms with Crippen molar-refractivity contribution in [2.24, 2.45) is 5.92 Å². The number of aliphatic hydroxyl groups is 1. The second-order valence-corrected chi connectivity index (χ2v) is 14.6. The van der Waals surface area contributed by atoms with Gasteiger partial charge in [0.1, 0.15) is 0 Å². The maximum atomic E-state index is 12.3. The highest BCUT2D eigenvalue weighted by molar-refractivity contribution is 6.45. The number of fused-ring (bicyclic) bond motifs is 1. The summed E-state index contributed by atoms with van der Waals surface area (Å²) >= 11 is 13.8. The molecular weight excluding hydrogens is 611 g/mol. The number of H-pyrrole nitrogens is 1. The summed E-state index contributed by atoms with van der Waals surface area (Å²) < 4.78 is 2.17. The predicted octanol–water partition coefficient (Wildman–Crippen LogP) is 4.99. The zero-order chi connectivity index (χ0) is 32.0. The Morgan fingerprint density at radius 1 is 1.16 bits per heavy atom. The Morgan fingerprint density at radius 3 is 2.60 bits per heavy atom. The van der Waals surface area contributed by atoms with Crippen molar-refractivity contribution in [3.63, 3.8) is 0 Å². The number of nitrogens with one attached hydrogen (secondary N) is 1. The van der Waals surface area contributed by atoms with Gasteiger partial charge in [0.25, 0.3) is 0 Å². The van der Waals surface area contributed by atoms with E-state index in [1.165, 1.54) is 6.08 Å². The lowest BCUT2D eigenvalue weighted by atomic mass is 9.81. The van der Waals surface area contributed by atoms with Crippen LogP contribution in [0.4, 0.5) is 5.82 Å². The fourth-order valence-corrected chi connectivity index (χ4v) is 8.35. The first-order valence-corrected chi connectivity index (χ1v) is 16.9. The quantitative estimate of drug-likeness (QED) is 0.346. The summed E-state index contributed by atoms with van der Waals surface area (Å²) in [4.78, 5) is 21.4. The number of likely N-dealkylation sites (N-methyl/N-ethyl adjacent to an activating group) is 1. The van der Waals surface area contributed by atoms with E-state index in [-0.39, 0.29) is 30.1 Å². The Hall–Kier alpha value is -2.63. The number of hydrogen-bond donors (Lipinski definition) is 2. The standard InChI is InChI=1S/C33H46Cl2N8O2/c1-6-28(45)41-10-8-23(9-11-41)43-21(2)29(30-25-17-36-37-27(25)15-26(34)31(30)35)32(38-43)42-12-7-22(16-33(42,3)4)18-40-14-13-39(5)24(19-40)20-44/h6,15,17,22-24,44H,1,7-14,16,18-20H2,2-5H3,(H,36,37)/t22-,24+/m1/s1. The average Bonchev–Trinajstić information content (AvgIpc) is 3.62. The van der Waals surface area contributed by atoms with Gasteiger partial charge >= 0.3 is 0 Å². The maximum absolute atomic E-state index is 12.3. The molecule has 3 aliphatic heterocycles. The number of aromatic nitrogens is 4. The molecule has 244 valence electrons. The molecule has 0 spiro atoms. The molecule has 2 N–H and O–H groups in total. The maximum Gasteiger partial charge on any atom is 0.245 e. The van der Waals surface area contributed by atoms with Gasteiger partial charge in [0.15, 0.2) is 5.82 Å². The molecule has 6 rings (SSSR count). The van der Waals surface area contributed by atoms with Gasteiger partial charge in [-0.2, -0.15) is 10.2 Å². The number of likely N-dealkylation sites (tertiary alicyclic amines) is 1. The Labute approximate surface area is 275 Å². The van der Waals surface area contributed by atoms with Crippen molar-refractivity contribution >= 4 is 45.8 Å². The molecule has 45 heavy (non-hydrogen) atoms. The van der Waals surface area contributed by atoms with Crippen molar-refractivity contribution in [1.29, 1.82) is 0 Å². The number of amides is 1. The van der Waals surface area contributed by atoms with Crippen LogP contribution in [0.1, 0.15) is 51.3 Å². The van der Waals surface area contributed by atoms with Gasteiger partial charge in [-0.15, -0.1) is 0 Å². The summed E-state index contributed by atoms with van der Waals surface area (Å²) in [6.45, 7) is 16.8. The molecule has 1 aromatic carbocycles. The summed E-state index contributed by atoms with van der Waals surface area (Å²) in [5.41, 5.74) is 3.56. The number of aliphatic hydroxyl groups excluding tert-OH is 1. The van der Waals surface area contributed by atoms with Gasteiger partial charge in [-0.1, -0.05) is 29.8 Å². The normalized spacial score (nSPS) is 23.6. The third-order valence-corrected chi connectivity index (χ3v) is 11.2. The Morgan fingerprint density at radius 2 is 1.91 bits per heavy atom. The van der Waals surface area contributed by atoms with Gasteiger partial charge in [-0.05, 0) is 71.6 Å². The number of carbonyl (C=O) groups excluding carboxylic acids is 1. The highest BCUT2D eigenvalue weighted by Crippen LogP contribution is 2.48. The summed E-state index contributed by atoms with van der Waals surface area (Å²) in [5, 5.41) is 24.6. The lowest BCUT2D eigenvalue weighted by molar-refractivity contribution is -0.127. The van der Waals surface area contributed by atoms with Crippen LogP contribution < -0.4 is 4.90 Å². The van der Waals surface area contributed by atoms with Crippen LogP contribution >= 0.6 is 23.2 Å². The average molecular weight is 658 g/mol. The van der Waals surface area contributed by atoms with Crippen LogP contribution in [-0.2, 0) is 4.79 Å². The van der Waals surface area contributed by atoms with Gasteiger partial charge in [0, 0.05) is 79.6 Å². The van der Waals surface area contributed by atoms with Crippen LogP contribution in [0.3, 0.4) is 0 Å². The predicted molar refractivity (Wildman–Crippen MR) is 181 cm³/mol. The van der Waals surface area contributed by atoms with Crippen LogP contribution in [0.15, 0.2) is 24.9 Å². The number of halogens is 2. The molecule has 2 aromatic heterocycles. The van der Waals surface area contributed by atoms with Crippen LogP contribution in [0.25, 0.3) is 22.0 Å². The van der Waals surface area contributed by atoms with Crippen molar-refractivity contribution < 1.29 is 9.90 Å². The van der Waals surface area contributed by atoms with E-state index in [9.17, 15) is 9.90 Å². The minimum atomic E-state index is -0.160. The van der Waals surface area contributed by atoms with Gasteiger partial charge in [-0.25, -0.2) is 0 Å². The molecule has 3 fully saturated rings. The van der Waals surface area contributed by atoms with Gasteiger partial charge < -0.3 is 19.8 Å². The fourth-order valence-electron chi connectivity index (χ4n) is 7.90. The molecule has 0 unspecified atom stereocenters. The van der Waals surface area contributed by atoms with Gasteiger partial charge in [0.2, 0.25) is 5.91 Å². The van der Waals surface area contributed by atoms with E-state index in [2.05, 4.69) is 64.0 Å². The van der Waals surface area contributed by atoms with Crippen molar-refractivity contribution in [1.82, 2.24) is 34.7 Å². The first-order chi connectivity index (χ1) is 21.5. The Balaban J connectivity index is 1.34. The number of nitrogens with zero attached hydrogens (tertiary/aromatic N) is 7. The highest BCUT2D eigenvalue weighted by atomic mass is 35.5. The number of rotatable bonds is 7. The van der Waals surface area contributed by atoms with E-state index in [0.29, 0.717) is 29.1 Å². The second kappa shape index (κ2) is 12.9. The molecule has 3 aliphatic rings. The van der Waals surface area contributed by atoms with Gasteiger partial charge in [-0.3, -0.25) is 19.5 Å². The number of piperidine rings is 2. The van der Waals surface area contributed by atoms with Crippen LogP contribution in [0.2, 0.25) is 10.0 Å². The first-order valence-electron chi connectivity index (χ1n) is 16.1. The van der Waals surface area contributed by atoms with E-state index in [1.54, 1.807) is 0 Å². The summed E-state index contributed by atoms with van der Waals surface area (Å²) in [7, 11) is 2.10. The smallest absolute Gasteiger partial charge is 0.245 e. The molecule has 10 nitrogen and oxygen atoms in total. The fraction of sp³-hybridized carbons (Fsp3) is 0.606. The molecule has 0 radical (unpaired) electrons. The Kier molecular flexibility index (Phi) is 9.24. The summed E-state index contributed by atoms with van der Waals surface area (Å²) in [6, 6.07) is 2.18. The van der Waals surface area contributed by atoms with Crippen molar-refractivity contribution in [3.8, 4) is 11.1 Å². The number of piperazine rings is 1. The monoisotopic (exact) mass is 656 g/mol. The lowest BCUT2D eigenvalue weighted by Crippen LogP contribution is -2.56. The molecule has 5 heterocycles. The van der Waals surface area contributed by atoms with E-state index in [1.807, 2.05) is 17.2 Å². The topological polar surface area (TPSA) is 96.8 Å². The molecule has 0 aliphatic carbocycles. The van der Waals surface area contributed by atoms with Crippen LogP contribution in [-0.4, -0.2) is 117 Å². The molecule has 0 bridgehead atoms. The van der Waals surface area contributed by atoms with Gasteiger partial charge in [0.05, 0.1) is 34.4 Å². The highest BCUT2D eigenvalue weighted by Gasteiger charge is 2.40. The van der Waals surface area contributed by atoms with Crippen molar-refractivity contribution in [3.05, 3.63) is 40.7 Å². The number of anilines is 1. The minimum absolute atomic E-state index is 0.0202. The van der Waals surface area contributed by atoms with Crippen LogP contribution in [0.5, 0.6) is 0 Å². The lowest BCUT2D eigenvalue weighted by Gasteiger charge is -2.48. The van der Waals surface area contributed by atoms with E-state index < -0.39 is 0 Å². The third kappa shape index (κ3) is 6.12. The van der Waals surface area contributed by atoms with Crippen molar-refractivity contribution in [2.75, 3.05) is 64.4 Å². The van der Waals surface area contributed by atoms with E-state index >= 15 is 0 Å². The minimum Gasteiger partial charge on any atom is -0.395 e. The zero-order valence-corrected chi connectivity index (χ0v) is 28.4. The molecular formula is C33H46Cl2N8O2. The molecule has 3 aromatic rings. The largest absolute Gasteiger partial charge is 0.395 e. The molecule has 12 heteroatoms. The third-order valence-electron chi connectivity index (χ3n) is 10.4. The van der Waals surface area contributed by atoms with E-state index in [4.69, 9.17) is 28.3 Å². The summed E-state index contributed by atoms with van der Waals surface area (Å²) in [5.74, 6) is 1.45. The molecule has 3 saturated heterocycles. The number of aromatic amines is 1.